The summed E-state index contributed by atoms with van der Waals surface area (Å²) in [7, 11) is -2.31. The third-order valence-electron chi connectivity index (χ3n) is 8.61. The first-order valence-electron chi connectivity index (χ1n) is 10.8. The zero-order valence-corrected chi connectivity index (χ0v) is 19.4. The van der Waals surface area contributed by atoms with Crippen LogP contribution in [0.5, 0.6) is 5.75 Å². The maximum absolute atomic E-state index is 13.5. The van der Waals surface area contributed by atoms with Crippen LogP contribution in [-0.4, -0.2) is 32.3 Å². The highest BCUT2D eigenvalue weighted by atomic mass is 32.2. The average Bonchev–Trinajstić information content (AvgIpc) is 2.63. The van der Waals surface area contributed by atoms with Gasteiger partial charge in [0, 0.05) is 0 Å². The predicted molar refractivity (Wildman–Crippen MR) is 114 cm³/mol. The molecule has 0 saturated heterocycles. The normalized spacial score (nSPS) is 36.2. The van der Waals surface area contributed by atoms with Gasteiger partial charge in [-0.3, -0.25) is 9.63 Å². The van der Waals surface area contributed by atoms with Crippen molar-refractivity contribution in [3.05, 3.63) is 23.3 Å². The van der Waals surface area contributed by atoms with Crippen molar-refractivity contribution in [3.8, 4) is 5.75 Å². The van der Waals surface area contributed by atoms with Crippen molar-refractivity contribution in [3.63, 3.8) is 0 Å². The number of fused-ring (bicyclic) bond motifs is 5. The lowest BCUT2D eigenvalue weighted by Crippen LogP contribution is -2.60. The smallest absolute Gasteiger partial charge is 0.275 e. The molecule has 30 heavy (non-hydrogen) atoms. The molecule has 2 saturated carbocycles. The molecule has 2 N–H and O–H groups in total. The Morgan fingerprint density at radius 1 is 1.13 bits per heavy atom. The summed E-state index contributed by atoms with van der Waals surface area (Å²) in [5, 5.41) is 10.2. The SMILES string of the molecule is CONC(=O)c1cc(O)cc2c1C1(C)CCC3C(C)(C)CCCC3(C)C1CS2(=O)=O. The summed E-state index contributed by atoms with van der Waals surface area (Å²) in [6.45, 7) is 9.03. The van der Waals surface area contributed by atoms with Gasteiger partial charge in [0.15, 0.2) is 9.84 Å². The predicted octanol–water partition coefficient (Wildman–Crippen LogP) is 3.97. The third kappa shape index (κ3) is 2.92. The van der Waals surface area contributed by atoms with E-state index in [4.69, 9.17) is 4.84 Å². The van der Waals surface area contributed by atoms with Gasteiger partial charge in [0.2, 0.25) is 0 Å². The molecule has 166 valence electrons. The molecular formula is C23H33NO5S. The van der Waals surface area contributed by atoms with Gasteiger partial charge in [-0.15, -0.1) is 0 Å². The van der Waals surface area contributed by atoms with E-state index in [9.17, 15) is 18.3 Å². The highest BCUT2D eigenvalue weighted by Crippen LogP contribution is 2.66. The van der Waals surface area contributed by atoms with E-state index in [0.717, 1.165) is 32.1 Å². The van der Waals surface area contributed by atoms with Crippen LogP contribution in [0.3, 0.4) is 0 Å². The fourth-order valence-electron chi connectivity index (χ4n) is 7.39. The van der Waals surface area contributed by atoms with E-state index < -0.39 is 21.2 Å². The number of hydrogen-bond acceptors (Lipinski definition) is 5. The van der Waals surface area contributed by atoms with E-state index in [1.54, 1.807) is 0 Å². The number of amides is 1. The fraction of sp³-hybridized carbons (Fsp3) is 0.696. The number of benzene rings is 1. The van der Waals surface area contributed by atoms with Gasteiger partial charge < -0.3 is 5.11 Å². The quantitative estimate of drug-likeness (QED) is 0.686. The van der Waals surface area contributed by atoms with Gasteiger partial charge in [-0.05, 0) is 71.5 Å². The lowest BCUT2D eigenvalue weighted by atomic mass is 9.42. The number of phenolic OH excluding ortho intramolecular Hbond substituents is 1. The van der Waals surface area contributed by atoms with Crippen molar-refractivity contribution in [2.45, 2.75) is 70.1 Å². The molecule has 6 nitrogen and oxygen atoms in total. The van der Waals surface area contributed by atoms with E-state index in [1.165, 1.54) is 19.2 Å². The number of hydroxylamine groups is 1. The van der Waals surface area contributed by atoms with Crippen molar-refractivity contribution >= 4 is 15.7 Å². The van der Waals surface area contributed by atoms with Gasteiger partial charge in [-0.25, -0.2) is 13.9 Å². The zero-order chi connectivity index (χ0) is 22.1. The molecule has 0 bridgehead atoms. The Balaban J connectivity index is 1.97. The second-order valence-electron chi connectivity index (χ2n) is 10.7. The maximum Gasteiger partial charge on any atom is 0.275 e. The summed E-state index contributed by atoms with van der Waals surface area (Å²) in [4.78, 5) is 17.7. The van der Waals surface area contributed by atoms with E-state index in [1.807, 2.05) is 0 Å². The molecule has 4 rings (SSSR count). The summed E-state index contributed by atoms with van der Waals surface area (Å²) < 4.78 is 26.9. The molecule has 1 aliphatic heterocycles. The minimum atomic E-state index is -3.65. The van der Waals surface area contributed by atoms with Crippen molar-refractivity contribution in [2.24, 2.45) is 22.7 Å². The van der Waals surface area contributed by atoms with E-state index in [-0.39, 0.29) is 38.7 Å². The molecule has 2 aliphatic carbocycles. The standard InChI is InChI=1S/C23H33NO5S/c1-21(2)8-6-9-22(3)17(21)7-10-23(4)18(22)13-30(27,28)16-12-14(25)11-15(19(16)23)20(26)24-29-5/h11-12,17-18,25H,6-10,13H2,1-5H3,(H,24,26). The van der Waals surface area contributed by atoms with Crippen molar-refractivity contribution in [2.75, 3.05) is 12.9 Å². The largest absolute Gasteiger partial charge is 0.508 e. The number of carbonyl (C=O) groups excluding carboxylic acids is 1. The summed E-state index contributed by atoms with van der Waals surface area (Å²) in [5.41, 5.74) is 2.64. The molecule has 1 amide bonds. The monoisotopic (exact) mass is 435 g/mol. The fourth-order valence-corrected chi connectivity index (χ4v) is 9.72. The van der Waals surface area contributed by atoms with Crippen molar-refractivity contribution < 1.29 is 23.2 Å². The van der Waals surface area contributed by atoms with E-state index in [0.29, 0.717) is 11.5 Å². The van der Waals surface area contributed by atoms with Crippen LogP contribution in [0.1, 0.15) is 75.7 Å². The summed E-state index contributed by atoms with van der Waals surface area (Å²) in [6.07, 6.45) is 5.08. The molecule has 0 spiro atoms. The second-order valence-corrected chi connectivity index (χ2v) is 12.7. The Labute approximate surface area is 179 Å². The van der Waals surface area contributed by atoms with Crippen LogP contribution < -0.4 is 5.48 Å². The van der Waals surface area contributed by atoms with Gasteiger partial charge in [0.25, 0.3) is 5.91 Å². The molecule has 4 atom stereocenters. The molecule has 0 aromatic heterocycles. The molecule has 1 heterocycles. The lowest BCUT2D eigenvalue weighted by molar-refractivity contribution is -0.0982. The van der Waals surface area contributed by atoms with Gasteiger partial charge in [-0.1, -0.05) is 34.1 Å². The lowest BCUT2D eigenvalue weighted by Gasteiger charge is -2.64. The molecule has 3 aliphatic rings. The zero-order valence-electron chi connectivity index (χ0n) is 18.5. The maximum atomic E-state index is 13.5. The number of hydrogen-bond donors (Lipinski definition) is 2. The first-order chi connectivity index (χ1) is 13.9. The van der Waals surface area contributed by atoms with Crippen LogP contribution in [0.15, 0.2) is 17.0 Å². The molecule has 0 radical (unpaired) electrons. The minimum absolute atomic E-state index is 0.0639. The van der Waals surface area contributed by atoms with Crippen LogP contribution in [0, 0.1) is 22.7 Å². The first kappa shape index (κ1) is 21.6. The Hall–Kier alpha value is -1.60. The summed E-state index contributed by atoms with van der Waals surface area (Å²) in [6, 6.07) is 2.69. The minimum Gasteiger partial charge on any atom is -0.508 e. The number of phenols is 1. The van der Waals surface area contributed by atoms with E-state index in [2.05, 4.69) is 33.2 Å². The molecule has 1 aromatic rings. The van der Waals surface area contributed by atoms with Crippen molar-refractivity contribution in [1.29, 1.82) is 0 Å². The van der Waals surface area contributed by atoms with Gasteiger partial charge in [-0.2, -0.15) is 0 Å². The molecular weight excluding hydrogens is 402 g/mol. The van der Waals surface area contributed by atoms with Crippen molar-refractivity contribution in [1.82, 2.24) is 5.48 Å². The highest BCUT2D eigenvalue weighted by Gasteiger charge is 2.62. The van der Waals surface area contributed by atoms with Gasteiger partial charge >= 0.3 is 0 Å². The number of nitrogens with one attached hydrogen (secondary N) is 1. The molecule has 1 aromatic carbocycles. The summed E-state index contributed by atoms with van der Waals surface area (Å²) >= 11 is 0. The first-order valence-corrected chi connectivity index (χ1v) is 12.5. The Morgan fingerprint density at radius 3 is 2.50 bits per heavy atom. The van der Waals surface area contributed by atoms with Gasteiger partial charge in [0.05, 0.1) is 23.3 Å². The Bertz CT molecular complexity index is 1000. The van der Waals surface area contributed by atoms with E-state index >= 15 is 0 Å². The summed E-state index contributed by atoms with van der Waals surface area (Å²) in [5.74, 6) is -0.326. The molecule has 4 unspecified atom stereocenters. The van der Waals surface area contributed by atoms with Crippen LogP contribution in [0.2, 0.25) is 0 Å². The second kappa shape index (κ2) is 6.70. The van der Waals surface area contributed by atoms with Crippen LogP contribution in [0.25, 0.3) is 0 Å². The topological polar surface area (TPSA) is 92.7 Å². The number of sulfone groups is 1. The van der Waals surface area contributed by atoms with Crippen LogP contribution >= 0.6 is 0 Å². The number of rotatable bonds is 2. The Morgan fingerprint density at radius 2 is 1.83 bits per heavy atom. The number of aromatic hydroxyl groups is 1. The molecule has 7 heteroatoms. The Kier molecular flexibility index (Phi) is 4.83. The van der Waals surface area contributed by atoms with Gasteiger partial charge in [0.1, 0.15) is 5.75 Å². The highest BCUT2D eigenvalue weighted by molar-refractivity contribution is 7.91. The van der Waals surface area contributed by atoms with Crippen LogP contribution in [-0.2, 0) is 20.1 Å². The van der Waals surface area contributed by atoms with Crippen LogP contribution in [0.4, 0.5) is 0 Å². The molecule has 2 fully saturated rings. The average molecular weight is 436 g/mol. The third-order valence-corrected chi connectivity index (χ3v) is 10.4. The number of carbonyl (C=O) groups is 1.